The summed E-state index contributed by atoms with van der Waals surface area (Å²) in [6, 6.07) is 13.2. The first-order chi connectivity index (χ1) is 16.2. The molecule has 3 N–H and O–H groups in total. The van der Waals surface area contributed by atoms with Crippen molar-refractivity contribution in [1.82, 2.24) is 20.1 Å². The van der Waals surface area contributed by atoms with E-state index in [1.54, 1.807) is 16.8 Å². The van der Waals surface area contributed by atoms with Crippen LogP contribution >= 0.6 is 0 Å². The van der Waals surface area contributed by atoms with Crippen molar-refractivity contribution in [3.05, 3.63) is 71.5 Å². The van der Waals surface area contributed by atoms with E-state index in [0.717, 1.165) is 35.6 Å². The van der Waals surface area contributed by atoms with Gasteiger partial charge in [0.1, 0.15) is 5.82 Å². The van der Waals surface area contributed by atoms with E-state index in [4.69, 9.17) is 10.1 Å². The number of carbonyl (C=O) groups is 2. The summed E-state index contributed by atoms with van der Waals surface area (Å²) >= 11 is 0. The number of hydrogen-bond acceptors (Lipinski definition) is 5. The Kier molecular flexibility index (Phi) is 8.04. The van der Waals surface area contributed by atoms with E-state index in [-0.39, 0.29) is 30.3 Å². The van der Waals surface area contributed by atoms with Crippen LogP contribution in [-0.2, 0) is 10.2 Å². The van der Waals surface area contributed by atoms with Crippen LogP contribution in [0, 0.1) is 0 Å². The standard InChI is InChI=1S/C26H33N5O3/c1-5-7-21(18-10-12-19(13-11-18)25(34)27-15-14-24(32)33)29-22-8-6-9-23(30-22)31-17-20(16-28-31)26(2,3)4/h6,8-13,16-17,21H,5,7,14-15H2,1-4H3,(H,27,34)(H,29,30)(H,32,33). The molecule has 8 nitrogen and oxygen atoms in total. The van der Waals surface area contributed by atoms with Crippen molar-refractivity contribution in [2.45, 2.75) is 58.4 Å². The first kappa shape index (κ1) is 25.0. The molecule has 1 unspecified atom stereocenters. The molecule has 8 heteroatoms. The van der Waals surface area contributed by atoms with Crippen molar-refractivity contribution in [2.75, 3.05) is 11.9 Å². The average molecular weight is 464 g/mol. The molecule has 1 atom stereocenters. The highest BCUT2D eigenvalue weighted by molar-refractivity contribution is 5.94. The lowest BCUT2D eigenvalue weighted by molar-refractivity contribution is -0.136. The Balaban J connectivity index is 1.73. The molecule has 0 aliphatic carbocycles. The summed E-state index contributed by atoms with van der Waals surface area (Å²) in [5, 5.41) is 19.3. The van der Waals surface area contributed by atoms with Crippen molar-refractivity contribution < 1.29 is 14.7 Å². The maximum absolute atomic E-state index is 12.2. The monoisotopic (exact) mass is 463 g/mol. The number of benzene rings is 1. The highest BCUT2D eigenvalue weighted by atomic mass is 16.4. The smallest absolute Gasteiger partial charge is 0.305 e. The van der Waals surface area contributed by atoms with Gasteiger partial charge in [-0.15, -0.1) is 0 Å². The molecule has 3 rings (SSSR count). The van der Waals surface area contributed by atoms with Crippen molar-refractivity contribution in [3.8, 4) is 5.82 Å². The lowest BCUT2D eigenvalue weighted by atomic mass is 9.90. The van der Waals surface area contributed by atoms with E-state index < -0.39 is 5.97 Å². The zero-order chi connectivity index (χ0) is 24.7. The van der Waals surface area contributed by atoms with E-state index in [9.17, 15) is 9.59 Å². The van der Waals surface area contributed by atoms with Gasteiger partial charge < -0.3 is 15.7 Å². The van der Waals surface area contributed by atoms with Gasteiger partial charge in [-0.25, -0.2) is 9.67 Å². The summed E-state index contributed by atoms with van der Waals surface area (Å²) in [6.07, 6.45) is 5.65. The summed E-state index contributed by atoms with van der Waals surface area (Å²) in [7, 11) is 0. The number of pyridine rings is 1. The predicted octanol–water partition coefficient (Wildman–Crippen LogP) is 4.72. The van der Waals surface area contributed by atoms with Gasteiger partial charge in [-0.05, 0) is 47.2 Å². The number of carboxylic acid groups (broad SMARTS) is 1. The molecule has 180 valence electrons. The SMILES string of the molecule is CCCC(Nc1cccc(-n2cc(C(C)(C)C)cn2)n1)c1ccc(C(=O)NCCC(=O)O)cc1. The fraction of sp³-hybridized carbons (Fsp3) is 0.385. The second kappa shape index (κ2) is 11.0. The summed E-state index contributed by atoms with van der Waals surface area (Å²) < 4.78 is 1.79. The molecule has 1 aromatic carbocycles. The number of nitrogens with zero attached hydrogens (tertiary/aromatic N) is 3. The van der Waals surface area contributed by atoms with Gasteiger partial charge in [0.05, 0.1) is 18.7 Å². The van der Waals surface area contributed by atoms with E-state index >= 15 is 0 Å². The fourth-order valence-corrected chi connectivity index (χ4v) is 3.51. The summed E-state index contributed by atoms with van der Waals surface area (Å²) in [6.45, 7) is 8.69. The minimum atomic E-state index is -0.941. The number of aromatic nitrogens is 3. The zero-order valence-corrected chi connectivity index (χ0v) is 20.2. The normalized spacial score (nSPS) is 12.2. The van der Waals surface area contributed by atoms with E-state index in [1.165, 1.54) is 0 Å². The molecule has 0 saturated carbocycles. The van der Waals surface area contributed by atoms with E-state index in [0.29, 0.717) is 5.56 Å². The summed E-state index contributed by atoms with van der Waals surface area (Å²) in [4.78, 5) is 27.6. The number of hydrogen-bond donors (Lipinski definition) is 3. The molecule has 0 saturated heterocycles. The van der Waals surface area contributed by atoms with Gasteiger partial charge in [0.15, 0.2) is 5.82 Å². The summed E-state index contributed by atoms with van der Waals surface area (Å²) in [5.74, 6) is 0.267. The van der Waals surface area contributed by atoms with Crippen LogP contribution in [0.2, 0.25) is 0 Å². The van der Waals surface area contributed by atoms with Crippen LogP contribution in [0.3, 0.4) is 0 Å². The number of rotatable bonds is 10. The quantitative estimate of drug-likeness (QED) is 0.401. The van der Waals surface area contributed by atoms with Crippen molar-refractivity contribution >= 4 is 17.7 Å². The molecule has 0 spiro atoms. The van der Waals surface area contributed by atoms with Crippen LogP contribution in [0.25, 0.3) is 5.82 Å². The van der Waals surface area contributed by atoms with Gasteiger partial charge in [-0.1, -0.05) is 52.3 Å². The Labute approximate surface area is 200 Å². The van der Waals surface area contributed by atoms with Crippen LogP contribution in [0.15, 0.2) is 54.9 Å². The van der Waals surface area contributed by atoms with Crippen molar-refractivity contribution in [3.63, 3.8) is 0 Å². The first-order valence-electron chi connectivity index (χ1n) is 11.6. The molecule has 1 amide bonds. The minimum absolute atomic E-state index is 0.0135. The van der Waals surface area contributed by atoms with Gasteiger partial charge in [-0.2, -0.15) is 5.10 Å². The molecule has 2 heterocycles. The molecule has 3 aromatic rings. The van der Waals surface area contributed by atoms with Crippen LogP contribution < -0.4 is 10.6 Å². The molecule has 0 bridgehead atoms. The molecular weight excluding hydrogens is 430 g/mol. The Morgan fingerprint density at radius 3 is 2.47 bits per heavy atom. The fourth-order valence-electron chi connectivity index (χ4n) is 3.51. The number of carboxylic acids is 1. The third kappa shape index (κ3) is 6.66. The number of nitrogens with one attached hydrogen (secondary N) is 2. The Hall–Kier alpha value is -3.68. The van der Waals surface area contributed by atoms with Crippen LogP contribution in [-0.4, -0.2) is 38.3 Å². The van der Waals surface area contributed by atoms with E-state index in [2.05, 4.69) is 43.4 Å². The maximum Gasteiger partial charge on any atom is 0.305 e. The Bertz CT molecular complexity index is 1120. The molecule has 0 aliphatic rings. The Morgan fingerprint density at radius 2 is 1.85 bits per heavy atom. The third-order valence-corrected chi connectivity index (χ3v) is 5.52. The topological polar surface area (TPSA) is 109 Å². The lowest BCUT2D eigenvalue weighted by Crippen LogP contribution is -2.26. The predicted molar refractivity (Wildman–Crippen MR) is 132 cm³/mol. The number of amides is 1. The van der Waals surface area contributed by atoms with Crippen LogP contribution in [0.1, 0.15) is 74.5 Å². The van der Waals surface area contributed by atoms with Crippen molar-refractivity contribution in [2.24, 2.45) is 0 Å². The molecule has 0 aliphatic heterocycles. The highest BCUT2D eigenvalue weighted by Gasteiger charge is 2.17. The largest absolute Gasteiger partial charge is 0.481 e. The van der Waals surface area contributed by atoms with E-state index in [1.807, 2.05) is 42.7 Å². The average Bonchev–Trinajstić information content (AvgIpc) is 3.30. The van der Waals surface area contributed by atoms with Gasteiger partial charge in [0.2, 0.25) is 0 Å². The summed E-state index contributed by atoms with van der Waals surface area (Å²) in [5.41, 5.74) is 2.70. The number of anilines is 1. The van der Waals surface area contributed by atoms with Crippen molar-refractivity contribution in [1.29, 1.82) is 0 Å². The second-order valence-electron chi connectivity index (χ2n) is 9.31. The third-order valence-electron chi connectivity index (χ3n) is 5.52. The van der Waals surface area contributed by atoms with Crippen LogP contribution in [0.5, 0.6) is 0 Å². The number of aliphatic carboxylic acids is 1. The van der Waals surface area contributed by atoms with Gasteiger partial charge in [-0.3, -0.25) is 9.59 Å². The van der Waals surface area contributed by atoms with Gasteiger partial charge in [0.25, 0.3) is 5.91 Å². The zero-order valence-electron chi connectivity index (χ0n) is 20.2. The molecule has 0 radical (unpaired) electrons. The maximum atomic E-state index is 12.2. The molecular formula is C26H33N5O3. The van der Waals surface area contributed by atoms with Gasteiger partial charge in [0, 0.05) is 18.3 Å². The molecule has 34 heavy (non-hydrogen) atoms. The highest BCUT2D eigenvalue weighted by Crippen LogP contribution is 2.25. The first-order valence-corrected chi connectivity index (χ1v) is 11.6. The second-order valence-corrected chi connectivity index (χ2v) is 9.31. The molecule has 0 fully saturated rings. The minimum Gasteiger partial charge on any atom is -0.481 e. The lowest BCUT2D eigenvalue weighted by Gasteiger charge is -2.20. The Morgan fingerprint density at radius 1 is 1.12 bits per heavy atom. The van der Waals surface area contributed by atoms with Gasteiger partial charge >= 0.3 is 5.97 Å². The van der Waals surface area contributed by atoms with Crippen LogP contribution in [0.4, 0.5) is 5.82 Å². The number of carbonyl (C=O) groups excluding carboxylic acids is 1. The molecule has 2 aromatic heterocycles.